The van der Waals surface area contributed by atoms with Crippen molar-refractivity contribution >= 4 is 17.7 Å². The summed E-state index contributed by atoms with van der Waals surface area (Å²) in [5.74, 6) is -0.452. The van der Waals surface area contributed by atoms with Gasteiger partial charge in [0, 0.05) is 18.5 Å². The lowest BCUT2D eigenvalue weighted by Gasteiger charge is -2.20. The average molecular weight is 372 g/mol. The Morgan fingerprint density at radius 1 is 1.33 bits per heavy atom. The van der Waals surface area contributed by atoms with E-state index in [1.54, 1.807) is 48.1 Å². The second-order valence-corrected chi connectivity index (χ2v) is 6.35. The van der Waals surface area contributed by atoms with Crippen LogP contribution in [0.25, 0.3) is 5.69 Å². The molecule has 8 nitrogen and oxygen atoms in total. The fourth-order valence-electron chi connectivity index (χ4n) is 2.94. The van der Waals surface area contributed by atoms with Crippen LogP contribution in [0.1, 0.15) is 37.2 Å². The van der Waals surface area contributed by atoms with Gasteiger partial charge in [-0.3, -0.25) is 0 Å². The number of esters is 1. The molecule has 1 aromatic heterocycles. The molecule has 0 spiro atoms. The summed E-state index contributed by atoms with van der Waals surface area (Å²) in [6, 6.07) is 8.45. The molecule has 8 heteroatoms. The molecule has 0 bridgehead atoms. The van der Waals surface area contributed by atoms with Gasteiger partial charge in [0.15, 0.2) is 5.69 Å². The number of hydrogen-bond acceptors (Lipinski definition) is 5. The molecule has 3 rings (SSSR count). The molecule has 1 aromatic carbocycles. The third kappa shape index (κ3) is 4.85. The highest BCUT2D eigenvalue weighted by atomic mass is 16.5. The summed E-state index contributed by atoms with van der Waals surface area (Å²) in [6.45, 7) is 4.75. The van der Waals surface area contributed by atoms with Crippen LogP contribution in [0.3, 0.4) is 0 Å². The summed E-state index contributed by atoms with van der Waals surface area (Å²) in [5.41, 5.74) is 1.68. The van der Waals surface area contributed by atoms with Crippen LogP contribution in [0, 0.1) is 0 Å². The van der Waals surface area contributed by atoms with Gasteiger partial charge in [-0.1, -0.05) is 0 Å². The molecular formula is C19H24N4O4. The van der Waals surface area contributed by atoms with Gasteiger partial charge < -0.3 is 20.1 Å². The van der Waals surface area contributed by atoms with Crippen LogP contribution in [-0.4, -0.2) is 47.1 Å². The van der Waals surface area contributed by atoms with Gasteiger partial charge in [0.25, 0.3) is 0 Å². The van der Waals surface area contributed by atoms with Crippen LogP contribution in [0.5, 0.6) is 0 Å². The molecule has 144 valence electrons. The second-order valence-electron chi connectivity index (χ2n) is 6.35. The van der Waals surface area contributed by atoms with Gasteiger partial charge >= 0.3 is 12.0 Å². The van der Waals surface area contributed by atoms with Crippen molar-refractivity contribution in [2.24, 2.45) is 0 Å². The minimum absolute atomic E-state index is 0.0443. The fourth-order valence-corrected chi connectivity index (χ4v) is 2.94. The quantitative estimate of drug-likeness (QED) is 0.761. The van der Waals surface area contributed by atoms with Crippen molar-refractivity contribution in [1.82, 2.24) is 15.1 Å². The standard InChI is InChI=1S/C19H24N4O4/c1-3-26-18(24)16-10-11-23(22-16)15-8-6-14(7-9-15)21-19(25)20-13(2)17-5-4-12-27-17/h6-11,13,17H,3-5,12H2,1-2H3,(H2,20,21,25)/t13-,17-/m1/s1. The van der Waals surface area contributed by atoms with Crippen molar-refractivity contribution in [2.75, 3.05) is 18.5 Å². The third-order valence-electron chi connectivity index (χ3n) is 4.34. The minimum Gasteiger partial charge on any atom is -0.461 e. The Labute approximate surface area is 157 Å². The van der Waals surface area contributed by atoms with Gasteiger partial charge in [0.05, 0.1) is 24.4 Å². The van der Waals surface area contributed by atoms with Gasteiger partial charge in [0.1, 0.15) is 0 Å². The summed E-state index contributed by atoms with van der Waals surface area (Å²) in [7, 11) is 0. The smallest absolute Gasteiger partial charge is 0.358 e. The number of hydrogen-bond donors (Lipinski definition) is 2. The van der Waals surface area contributed by atoms with Crippen LogP contribution < -0.4 is 10.6 Å². The molecule has 2 atom stereocenters. The van der Waals surface area contributed by atoms with E-state index in [-0.39, 0.29) is 23.9 Å². The van der Waals surface area contributed by atoms with Crippen LogP contribution in [0.2, 0.25) is 0 Å². The van der Waals surface area contributed by atoms with E-state index in [2.05, 4.69) is 15.7 Å². The molecule has 1 aliphatic rings. The zero-order chi connectivity index (χ0) is 19.2. The highest BCUT2D eigenvalue weighted by Gasteiger charge is 2.23. The maximum Gasteiger partial charge on any atom is 0.358 e. The second kappa shape index (κ2) is 8.68. The summed E-state index contributed by atoms with van der Waals surface area (Å²) in [5, 5.41) is 9.91. The molecule has 2 aromatic rings. The van der Waals surface area contributed by atoms with E-state index < -0.39 is 5.97 Å². The van der Waals surface area contributed by atoms with Gasteiger partial charge in [-0.15, -0.1) is 0 Å². The lowest BCUT2D eigenvalue weighted by molar-refractivity contribution is 0.0519. The van der Waals surface area contributed by atoms with Gasteiger partial charge in [-0.25, -0.2) is 14.3 Å². The Bertz CT molecular complexity index is 781. The van der Waals surface area contributed by atoms with Crippen molar-refractivity contribution in [1.29, 1.82) is 0 Å². The number of urea groups is 1. The summed E-state index contributed by atoms with van der Waals surface area (Å²) >= 11 is 0. The molecule has 27 heavy (non-hydrogen) atoms. The Morgan fingerprint density at radius 3 is 2.78 bits per heavy atom. The molecule has 0 aliphatic carbocycles. The van der Waals surface area contributed by atoms with E-state index in [4.69, 9.17) is 9.47 Å². The summed E-state index contributed by atoms with van der Waals surface area (Å²) in [4.78, 5) is 23.8. The third-order valence-corrected chi connectivity index (χ3v) is 4.34. The predicted octanol–water partition coefficient (Wildman–Crippen LogP) is 2.74. The average Bonchev–Trinajstić information content (AvgIpc) is 3.35. The Hall–Kier alpha value is -2.87. The first kappa shape index (κ1) is 18.9. The number of nitrogens with zero attached hydrogens (tertiary/aromatic N) is 2. The molecule has 2 heterocycles. The SMILES string of the molecule is CCOC(=O)c1ccn(-c2ccc(NC(=O)N[C@H](C)[C@H]3CCCO3)cc2)n1. The molecule has 1 aliphatic heterocycles. The predicted molar refractivity (Wildman–Crippen MR) is 100 cm³/mol. The molecule has 1 saturated heterocycles. The van der Waals surface area contributed by atoms with Gasteiger partial charge in [-0.2, -0.15) is 5.10 Å². The van der Waals surface area contributed by atoms with E-state index in [9.17, 15) is 9.59 Å². The Morgan fingerprint density at radius 2 is 2.11 bits per heavy atom. The number of carbonyl (C=O) groups excluding carboxylic acids is 2. The number of rotatable bonds is 6. The largest absolute Gasteiger partial charge is 0.461 e. The van der Waals surface area contributed by atoms with E-state index in [1.165, 1.54) is 0 Å². The zero-order valence-corrected chi connectivity index (χ0v) is 15.5. The minimum atomic E-state index is -0.452. The maximum absolute atomic E-state index is 12.1. The van der Waals surface area contributed by atoms with Gasteiger partial charge in [0.2, 0.25) is 0 Å². The first-order chi connectivity index (χ1) is 13.1. The number of benzene rings is 1. The van der Waals surface area contributed by atoms with Crippen molar-refractivity contribution < 1.29 is 19.1 Å². The molecule has 0 unspecified atom stereocenters. The highest BCUT2D eigenvalue weighted by molar-refractivity contribution is 5.89. The zero-order valence-electron chi connectivity index (χ0n) is 15.5. The van der Waals surface area contributed by atoms with Crippen LogP contribution >= 0.6 is 0 Å². The summed E-state index contributed by atoms with van der Waals surface area (Å²) < 4.78 is 12.1. The van der Waals surface area contributed by atoms with Crippen LogP contribution in [-0.2, 0) is 9.47 Å². The van der Waals surface area contributed by atoms with E-state index in [0.29, 0.717) is 12.3 Å². The number of anilines is 1. The molecule has 2 amide bonds. The number of nitrogens with one attached hydrogen (secondary N) is 2. The highest BCUT2D eigenvalue weighted by Crippen LogP contribution is 2.16. The monoisotopic (exact) mass is 372 g/mol. The molecular weight excluding hydrogens is 348 g/mol. The van der Waals surface area contributed by atoms with E-state index >= 15 is 0 Å². The number of ether oxygens (including phenoxy) is 2. The van der Waals surface area contributed by atoms with Crippen molar-refractivity contribution in [3.05, 3.63) is 42.2 Å². The molecule has 2 N–H and O–H groups in total. The lowest BCUT2D eigenvalue weighted by atomic mass is 10.1. The summed E-state index contributed by atoms with van der Waals surface area (Å²) in [6.07, 6.45) is 3.76. The number of amides is 2. The van der Waals surface area contributed by atoms with Crippen LogP contribution in [0.15, 0.2) is 36.5 Å². The number of carbonyl (C=O) groups is 2. The normalized spacial score (nSPS) is 17.3. The van der Waals surface area contributed by atoms with Gasteiger partial charge in [-0.05, 0) is 57.0 Å². The van der Waals surface area contributed by atoms with Crippen molar-refractivity contribution in [2.45, 2.75) is 38.8 Å². The Kier molecular flexibility index (Phi) is 6.08. The van der Waals surface area contributed by atoms with Crippen molar-refractivity contribution in [3.63, 3.8) is 0 Å². The molecule has 1 fully saturated rings. The lowest BCUT2D eigenvalue weighted by Crippen LogP contribution is -2.42. The topological polar surface area (TPSA) is 94.5 Å². The van der Waals surface area contributed by atoms with E-state index in [0.717, 1.165) is 25.1 Å². The van der Waals surface area contributed by atoms with Crippen molar-refractivity contribution in [3.8, 4) is 5.69 Å². The number of aromatic nitrogens is 2. The fraction of sp³-hybridized carbons (Fsp3) is 0.421. The first-order valence-corrected chi connectivity index (χ1v) is 9.09. The maximum atomic E-state index is 12.1. The first-order valence-electron chi connectivity index (χ1n) is 9.09. The molecule has 0 radical (unpaired) electrons. The Balaban J connectivity index is 1.57. The van der Waals surface area contributed by atoms with Crippen LogP contribution in [0.4, 0.5) is 10.5 Å². The van der Waals surface area contributed by atoms with E-state index in [1.807, 2.05) is 6.92 Å². The molecule has 0 saturated carbocycles.